The van der Waals surface area contributed by atoms with Gasteiger partial charge in [-0.1, -0.05) is 13.8 Å². The zero-order valence-corrected chi connectivity index (χ0v) is 6.22. The quantitative estimate of drug-likeness (QED) is 0.618. The van der Waals surface area contributed by atoms with E-state index >= 15 is 0 Å². The van der Waals surface area contributed by atoms with Crippen molar-refractivity contribution < 1.29 is 9.90 Å². The molecule has 0 heterocycles. The molecule has 54 valence electrons. The third-order valence-electron chi connectivity index (χ3n) is 1.58. The van der Waals surface area contributed by atoms with Crippen LogP contribution < -0.4 is 0 Å². The van der Waals surface area contributed by atoms with E-state index < -0.39 is 6.10 Å². The highest BCUT2D eigenvalue weighted by atomic mass is 16.3. The smallest absolute Gasteiger partial charge is 0.137 e. The molecule has 0 aliphatic heterocycles. The SMILES string of the molecule is CCC(=O)[C@@H](C)[C@@H](C)O. The van der Waals surface area contributed by atoms with Gasteiger partial charge in [-0.2, -0.15) is 0 Å². The molecule has 9 heavy (non-hydrogen) atoms. The van der Waals surface area contributed by atoms with E-state index in [1.54, 1.807) is 20.8 Å². The van der Waals surface area contributed by atoms with Crippen LogP contribution in [-0.4, -0.2) is 17.0 Å². The second-order valence-corrected chi connectivity index (χ2v) is 2.35. The Bertz CT molecular complexity index is 97.1. The average molecular weight is 130 g/mol. The second-order valence-electron chi connectivity index (χ2n) is 2.35. The van der Waals surface area contributed by atoms with Crippen molar-refractivity contribution in [3.05, 3.63) is 0 Å². The fourth-order valence-corrected chi connectivity index (χ4v) is 0.591. The van der Waals surface area contributed by atoms with Crippen molar-refractivity contribution >= 4 is 5.78 Å². The standard InChI is InChI=1S/C7H14O2/c1-4-7(9)5(2)6(3)8/h5-6,8H,4H2,1-3H3/t5-,6+/m0/s1. The van der Waals surface area contributed by atoms with Crippen molar-refractivity contribution in [2.75, 3.05) is 0 Å². The van der Waals surface area contributed by atoms with Gasteiger partial charge in [0.05, 0.1) is 6.10 Å². The summed E-state index contributed by atoms with van der Waals surface area (Å²) in [5, 5.41) is 8.90. The van der Waals surface area contributed by atoms with Gasteiger partial charge in [-0.05, 0) is 6.92 Å². The van der Waals surface area contributed by atoms with E-state index in [4.69, 9.17) is 5.11 Å². The lowest BCUT2D eigenvalue weighted by Gasteiger charge is -2.10. The highest BCUT2D eigenvalue weighted by molar-refractivity contribution is 5.80. The summed E-state index contributed by atoms with van der Waals surface area (Å²) < 4.78 is 0. The molecule has 0 aliphatic rings. The molecule has 2 heteroatoms. The summed E-state index contributed by atoms with van der Waals surface area (Å²) in [5.41, 5.74) is 0. The Hall–Kier alpha value is -0.370. The van der Waals surface area contributed by atoms with Crippen molar-refractivity contribution in [1.82, 2.24) is 0 Å². The van der Waals surface area contributed by atoms with Crippen LogP contribution in [0.1, 0.15) is 27.2 Å². The molecular weight excluding hydrogens is 116 g/mol. The molecule has 0 aromatic heterocycles. The van der Waals surface area contributed by atoms with E-state index in [2.05, 4.69) is 0 Å². The topological polar surface area (TPSA) is 37.3 Å². The summed E-state index contributed by atoms with van der Waals surface area (Å²) in [6, 6.07) is 0. The molecule has 0 saturated carbocycles. The molecule has 1 N–H and O–H groups in total. The molecule has 0 amide bonds. The van der Waals surface area contributed by atoms with Crippen LogP contribution in [0.15, 0.2) is 0 Å². The number of carbonyl (C=O) groups excluding carboxylic acids is 1. The predicted molar refractivity (Wildman–Crippen MR) is 36.1 cm³/mol. The zero-order chi connectivity index (χ0) is 7.44. The Labute approximate surface area is 55.9 Å². The van der Waals surface area contributed by atoms with Gasteiger partial charge in [0.2, 0.25) is 0 Å². The van der Waals surface area contributed by atoms with Crippen LogP contribution in [0.3, 0.4) is 0 Å². The third kappa shape index (κ3) is 2.61. The fraction of sp³-hybridized carbons (Fsp3) is 0.857. The molecule has 0 unspecified atom stereocenters. The van der Waals surface area contributed by atoms with Crippen LogP contribution in [0, 0.1) is 5.92 Å². The van der Waals surface area contributed by atoms with Crippen molar-refractivity contribution in [3.63, 3.8) is 0 Å². The van der Waals surface area contributed by atoms with E-state index in [0.29, 0.717) is 6.42 Å². The molecule has 0 bridgehead atoms. The van der Waals surface area contributed by atoms with Crippen molar-refractivity contribution in [2.24, 2.45) is 5.92 Å². The minimum absolute atomic E-state index is 0.130. The average Bonchev–Trinajstić information content (AvgIpc) is 1.84. The molecule has 0 fully saturated rings. The maximum atomic E-state index is 10.8. The van der Waals surface area contributed by atoms with Gasteiger partial charge < -0.3 is 5.11 Å². The molecule has 2 nitrogen and oxygen atoms in total. The fourth-order valence-electron chi connectivity index (χ4n) is 0.591. The number of aliphatic hydroxyl groups is 1. The highest BCUT2D eigenvalue weighted by Crippen LogP contribution is 2.04. The van der Waals surface area contributed by atoms with Gasteiger partial charge in [0.1, 0.15) is 5.78 Å². The molecule has 2 atom stereocenters. The van der Waals surface area contributed by atoms with Gasteiger partial charge in [0.15, 0.2) is 0 Å². The van der Waals surface area contributed by atoms with Gasteiger partial charge >= 0.3 is 0 Å². The van der Waals surface area contributed by atoms with E-state index in [-0.39, 0.29) is 11.7 Å². The first-order chi connectivity index (χ1) is 4.09. The third-order valence-corrected chi connectivity index (χ3v) is 1.58. The van der Waals surface area contributed by atoms with Crippen LogP contribution in [0.4, 0.5) is 0 Å². The number of carbonyl (C=O) groups is 1. The molecule has 0 spiro atoms. The monoisotopic (exact) mass is 130 g/mol. The number of hydrogen-bond donors (Lipinski definition) is 1. The molecule has 0 saturated heterocycles. The number of ketones is 1. The predicted octanol–water partition coefficient (Wildman–Crippen LogP) is 0.982. The van der Waals surface area contributed by atoms with E-state index in [0.717, 1.165) is 0 Å². The Morgan fingerprint density at radius 3 is 2.11 bits per heavy atom. The summed E-state index contributed by atoms with van der Waals surface area (Å²) in [6.07, 6.45) is 0.0175. The summed E-state index contributed by atoms with van der Waals surface area (Å²) in [7, 11) is 0. The summed E-state index contributed by atoms with van der Waals surface area (Å²) in [5.74, 6) is -0.0694. The summed E-state index contributed by atoms with van der Waals surface area (Å²) in [6.45, 7) is 5.19. The van der Waals surface area contributed by atoms with Crippen LogP contribution in [0.5, 0.6) is 0 Å². The van der Waals surface area contributed by atoms with Crippen molar-refractivity contribution in [1.29, 1.82) is 0 Å². The van der Waals surface area contributed by atoms with Crippen LogP contribution >= 0.6 is 0 Å². The van der Waals surface area contributed by atoms with Crippen LogP contribution in [0.25, 0.3) is 0 Å². The number of hydrogen-bond acceptors (Lipinski definition) is 2. The molecule has 0 radical (unpaired) electrons. The lowest BCUT2D eigenvalue weighted by Crippen LogP contribution is -2.21. The lowest BCUT2D eigenvalue weighted by atomic mass is 9.99. The first kappa shape index (κ1) is 8.63. The van der Waals surface area contributed by atoms with E-state index in [9.17, 15) is 4.79 Å². The van der Waals surface area contributed by atoms with Gasteiger partial charge in [-0.15, -0.1) is 0 Å². The minimum Gasteiger partial charge on any atom is -0.393 e. The van der Waals surface area contributed by atoms with Gasteiger partial charge in [-0.25, -0.2) is 0 Å². The number of Topliss-reactive ketones (excluding diaryl/α,β-unsaturated/α-hetero) is 1. The summed E-state index contributed by atoms with van der Waals surface area (Å²) in [4.78, 5) is 10.8. The van der Waals surface area contributed by atoms with Crippen LogP contribution in [-0.2, 0) is 4.79 Å². The first-order valence-electron chi connectivity index (χ1n) is 3.30. The van der Waals surface area contributed by atoms with Crippen LogP contribution in [0.2, 0.25) is 0 Å². The van der Waals surface area contributed by atoms with E-state index in [1.807, 2.05) is 0 Å². The molecule has 0 aliphatic carbocycles. The largest absolute Gasteiger partial charge is 0.393 e. The van der Waals surface area contributed by atoms with E-state index in [1.165, 1.54) is 0 Å². The minimum atomic E-state index is -0.502. The second kappa shape index (κ2) is 3.62. The Kier molecular flexibility index (Phi) is 3.47. The lowest BCUT2D eigenvalue weighted by molar-refractivity contribution is -0.124. The molecule has 0 rings (SSSR count). The Morgan fingerprint density at radius 2 is 2.00 bits per heavy atom. The molecule has 0 aromatic rings. The maximum Gasteiger partial charge on any atom is 0.137 e. The molecular formula is C7H14O2. The van der Waals surface area contributed by atoms with Gasteiger partial charge in [0, 0.05) is 12.3 Å². The van der Waals surface area contributed by atoms with Gasteiger partial charge in [0.25, 0.3) is 0 Å². The zero-order valence-electron chi connectivity index (χ0n) is 6.22. The number of rotatable bonds is 3. The van der Waals surface area contributed by atoms with Crippen molar-refractivity contribution in [3.8, 4) is 0 Å². The Morgan fingerprint density at radius 1 is 1.56 bits per heavy atom. The maximum absolute atomic E-state index is 10.8. The highest BCUT2D eigenvalue weighted by Gasteiger charge is 2.15. The normalized spacial score (nSPS) is 16.9. The first-order valence-corrected chi connectivity index (χ1v) is 3.30. The van der Waals surface area contributed by atoms with Crippen molar-refractivity contribution in [2.45, 2.75) is 33.3 Å². The number of aliphatic hydroxyl groups excluding tert-OH is 1. The van der Waals surface area contributed by atoms with Gasteiger partial charge in [-0.3, -0.25) is 4.79 Å². The summed E-state index contributed by atoms with van der Waals surface area (Å²) >= 11 is 0. The Balaban J connectivity index is 3.72. The molecule has 0 aromatic carbocycles.